The van der Waals surface area contributed by atoms with Crippen LogP contribution in [-0.4, -0.2) is 23.2 Å². The van der Waals surface area contributed by atoms with Crippen LogP contribution in [0.3, 0.4) is 0 Å². The first kappa shape index (κ1) is 19.6. The highest BCUT2D eigenvalue weighted by molar-refractivity contribution is 6.30. The van der Waals surface area contributed by atoms with Gasteiger partial charge in [-0.2, -0.15) is 0 Å². The fraction of sp³-hybridized carbons (Fsp3) is 0.250. The van der Waals surface area contributed by atoms with Crippen LogP contribution in [0.25, 0.3) is 0 Å². The van der Waals surface area contributed by atoms with Gasteiger partial charge in [0.1, 0.15) is 0 Å². The van der Waals surface area contributed by atoms with Gasteiger partial charge in [-0.1, -0.05) is 84.4 Å². The summed E-state index contributed by atoms with van der Waals surface area (Å²) < 4.78 is 0. The Kier molecular flexibility index (Phi) is 7.46. The number of halogens is 1. The molecule has 3 aromatic rings. The second-order valence-electron chi connectivity index (χ2n) is 6.79. The number of aliphatic hydroxyl groups is 1. The molecule has 2 nitrogen and oxygen atoms in total. The van der Waals surface area contributed by atoms with Crippen LogP contribution in [0.5, 0.6) is 0 Å². The zero-order chi connectivity index (χ0) is 18.9. The van der Waals surface area contributed by atoms with Crippen molar-refractivity contribution in [3.05, 3.63) is 107 Å². The van der Waals surface area contributed by atoms with Gasteiger partial charge in [0.25, 0.3) is 0 Å². The first-order chi connectivity index (χ1) is 13.3. The smallest absolute Gasteiger partial charge is 0.0443 e. The fourth-order valence-electron chi connectivity index (χ4n) is 3.42. The Balaban J connectivity index is 1.91. The van der Waals surface area contributed by atoms with Crippen LogP contribution in [0, 0.1) is 0 Å². The number of rotatable bonds is 9. The van der Waals surface area contributed by atoms with E-state index in [2.05, 4.69) is 65.6 Å². The highest BCUT2D eigenvalue weighted by Crippen LogP contribution is 2.28. The molecule has 0 heterocycles. The molecule has 1 atom stereocenters. The van der Waals surface area contributed by atoms with E-state index in [0.717, 1.165) is 31.0 Å². The molecule has 0 saturated carbocycles. The van der Waals surface area contributed by atoms with E-state index in [1.54, 1.807) is 0 Å². The molecule has 0 aliphatic carbocycles. The Morgan fingerprint density at radius 2 is 1.37 bits per heavy atom. The summed E-state index contributed by atoms with van der Waals surface area (Å²) in [6.45, 7) is 1.89. The topological polar surface area (TPSA) is 23.5 Å². The summed E-state index contributed by atoms with van der Waals surface area (Å²) >= 11 is 6.12. The van der Waals surface area contributed by atoms with E-state index in [-0.39, 0.29) is 12.6 Å². The molecule has 0 radical (unpaired) electrons. The molecule has 0 saturated heterocycles. The lowest BCUT2D eigenvalue weighted by Crippen LogP contribution is -2.31. The number of aliphatic hydroxyl groups excluding tert-OH is 1. The van der Waals surface area contributed by atoms with Crippen molar-refractivity contribution in [2.24, 2.45) is 0 Å². The molecule has 0 aliphatic heterocycles. The molecular formula is C24H26ClNO. The predicted molar refractivity (Wildman–Crippen MR) is 113 cm³/mol. The van der Waals surface area contributed by atoms with E-state index in [9.17, 15) is 5.11 Å². The predicted octanol–water partition coefficient (Wildman–Crippen LogP) is 5.51. The van der Waals surface area contributed by atoms with Crippen LogP contribution < -0.4 is 0 Å². The molecule has 0 spiro atoms. The molecule has 0 bridgehead atoms. The molecule has 0 fully saturated rings. The highest BCUT2D eigenvalue weighted by Gasteiger charge is 2.21. The third-order valence-electron chi connectivity index (χ3n) is 4.80. The molecule has 0 aromatic heterocycles. The van der Waals surface area contributed by atoms with Gasteiger partial charge in [0, 0.05) is 30.8 Å². The van der Waals surface area contributed by atoms with Crippen LogP contribution in [0.4, 0.5) is 0 Å². The van der Waals surface area contributed by atoms with Crippen molar-refractivity contribution >= 4 is 11.6 Å². The number of hydrogen-bond donors (Lipinski definition) is 1. The molecule has 3 rings (SSSR count). The Labute approximate surface area is 167 Å². The third-order valence-corrected chi connectivity index (χ3v) is 5.05. The molecule has 1 N–H and O–H groups in total. The Bertz CT molecular complexity index is 790. The Morgan fingerprint density at radius 1 is 0.778 bits per heavy atom. The van der Waals surface area contributed by atoms with Crippen molar-refractivity contribution in [2.45, 2.75) is 25.4 Å². The van der Waals surface area contributed by atoms with Gasteiger partial charge in [0.05, 0.1) is 0 Å². The van der Waals surface area contributed by atoms with Crippen LogP contribution in [0.2, 0.25) is 5.02 Å². The maximum absolute atomic E-state index is 9.42. The van der Waals surface area contributed by atoms with Gasteiger partial charge in [-0.25, -0.2) is 0 Å². The van der Waals surface area contributed by atoms with E-state index in [1.165, 1.54) is 16.7 Å². The van der Waals surface area contributed by atoms with Crippen molar-refractivity contribution < 1.29 is 5.11 Å². The maximum atomic E-state index is 9.42. The zero-order valence-electron chi connectivity index (χ0n) is 15.5. The maximum Gasteiger partial charge on any atom is 0.0443 e. The highest BCUT2D eigenvalue weighted by atomic mass is 35.5. The third kappa shape index (κ3) is 5.93. The summed E-state index contributed by atoms with van der Waals surface area (Å²) in [5, 5.41) is 10.2. The molecule has 3 aromatic carbocycles. The van der Waals surface area contributed by atoms with Gasteiger partial charge in [-0.15, -0.1) is 0 Å². The summed E-state index contributed by atoms with van der Waals surface area (Å²) in [6, 6.07) is 29.5. The largest absolute Gasteiger partial charge is 0.396 e. The average molecular weight is 380 g/mol. The standard InChI is InChI=1S/C24H26ClNO/c25-23-14-12-22(13-15-23)24(18-20-8-3-1-4-9-20)26(16-7-17-27)19-21-10-5-2-6-11-21/h1-6,8-15,24,27H,7,16-19H2. The Morgan fingerprint density at radius 3 is 1.96 bits per heavy atom. The summed E-state index contributed by atoms with van der Waals surface area (Å²) in [6.07, 6.45) is 1.67. The van der Waals surface area contributed by atoms with Crippen molar-refractivity contribution in [1.82, 2.24) is 4.90 Å². The Hall–Kier alpha value is -2.13. The fourth-order valence-corrected chi connectivity index (χ4v) is 3.54. The van der Waals surface area contributed by atoms with Gasteiger partial charge >= 0.3 is 0 Å². The van der Waals surface area contributed by atoms with Crippen molar-refractivity contribution in [3.8, 4) is 0 Å². The number of nitrogens with zero attached hydrogens (tertiary/aromatic N) is 1. The number of hydrogen-bond acceptors (Lipinski definition) is 2. The molecule has 27 heavy (non-hydrogen) atoms. The second-order valence-corrected chi connectivity index (χ2v) is 7.23. The van der Waals surface area contributed by atoms with Gasteiger partial charge in [0.2, 0.25) is 0 Å². The summed E-state index contributed by atoms with van der Waals surface area (Å²) in [5.74, 6) is 0. The lowest BCUT2D eigenvalue weighted by molar-refractivity contribution is 0.165. The van der Waals surface area contributed by atoms with E-state index >= 15 is 0 Å². The average Bonchev–Trinajstić information content (AvgIpc) is 2.72. The minimum Gasteiger partial charge on any atom is -0.396 e. The molecule has 0 aliphatic rings. The lowest BCUT2D eigenvalue weighted by atomic mass is 9.96. The van der Waals surface area contributed by atoms with Crippen LogP contribution >= 0.6 is 11.6 Å². The first-order valence-corrected chi connectivity index (χ1v) is 9.82. The van der Waals surface area contributed by atoms with Crippen LogP contribution in [0.1, 0.15) is 29.2 Å². The van der Waals surface area contributed by atoms with Gasteiger partial charge < -0.3 is 5.11 Å². The van der Waals surface area contributed by atoms with E-state index in [1.807, 2.05) is 24.3 Å². The van der Waals surface area contributed by atoms with Gasteiger partial charge in [0.15, 0.2) is 0 Å². The molecule has 3 heteroatoms. The van der Waals surface area contributed by atoms with Crippen molar-refractivity contribution in [2.75, 3.05) is 13.2 Å². The first-order valence-electron chi connectivity index (χ1n) is 9.44. The summed E-state index contributed by atoms with van der Waals surface area (Å²) in [4.78, 5) is 2.46. The summed E-state index contributed by atoms with van der Waals surface area (Å²) in [5.41, 5.74) is 3.83. The SMILES string of the molecule is OCCCN(Cc1ccccc1)C(Cc1ccccc1)c1ccc(Cl)cc1. The van der Waals surface area contributed by atoms with E-state index < -0.39 is 0 Å². The van der Waals surface area contributed by atoms with E-state index in [0.29, 0.717) is 0 Å². The van der Waals surface area contributed by atoms with Crippen LogP contribution in [0.15, 0.2) is 84.9 Å². The monoisotopic (exact) mass is 379 g/mol. The van der Waals surface area contributed by atoms with Gasteiger partial charge in [-0.3, -0.25) is 4.90 Å². The van der Waals surface area contributed by atoms with E-state index in [4.69, 9.17) is 11.6 Å². The number of benzene rings is 3. The quantitative estimate of drug-likeness (QED) is 0.530. The molecule has 0 amide bonds. The lowest BCUT2D eigenvalue weighted by Gasteiger charge is -2.32. The normalized spacial score (nSPS) is 12.3. The minimum atomic E-state index is 0.198. The second kappa shape index (κ2) is 10.3. The molecule has 140 valence electrons. The zero-order valence-corrected chi connectivity index (χ0v) is 16.2. The summed E-state index contributed by atoms with van der Waals surface area (Å²) in [7, 11) is 0. The van der Waals surface area contributed by atoms with Gasteiger partial charge in [-0.05, 0) is 41.7 Å². The van der Waals surface area contributed by atoms with Crippen molar-refractivity contribution in [3.63, 3.8) is 0 Å². The molecule has 1 unspecified atom stereocenters. The minimum absolute atomic E-state index is 0.198. The molecular weight excluding hydrogens is 354 g/mol. The van der Waals surface area contributed by atoms with Crippen LogP contribution in [-0.2, 0) is 13.0 Å². The van der Waals surface area contributed by atoms with Crippen molar-refractivity contribution in [1.29, 1.82) is 0 Å².